The molecule has 3 rings (SSSR count). The van der Waals surface area contributed by atoms with Crippen LogP contribution in [0.1, 0.15) is 23.6 Å². The summed E-state index contributed by atoms with van der Waals surface area (Å²) in [5.41, 5.74) is 7.53. The molecule has 0 radical (unpaired) electrons. The number of nitrogens with zero attached hydrogens (tertiary/aromatic N) is 1. The third kappa shape index (κ3) is 4.87. The lowest BCUT2D eigenvalue weighted by molar-refractivity contribution is -0.120. The fraction of sp³-hybridized carbons (Fsp3) is 0.350. The van der Waals surface area contributed by atoms with Gasteiger partial charge >= 0.3 is 0 Å². The maximum Gasteiger partial charge on any atom is 0.239 e. The van der Waals surface area contributed by atoms with Crippen LogP contribution in [0.25, 0.3) is 0 Å². The molecule has 25 heavy (non-hydrogen) atoms. The number of halogens is 1. The van der Waals surface area contributed by atoms with Crippen LogP contribution >= 0.6 is 0 Å². The first kappa shape index (κ1) is 17.6. The maximum atomic E-state index is 13.1. The number of carbonyl (C=O) groups excluding carboxylic acids is 1. The molecule has 0 aromatic heterocycles. The molecule has 1 aliphatic heterocycles. The van der Waals surface area contributed by atoms with Gasteiger partial charge in [0.05, 0.1) is 0 Å². The van der Waals surface area contributed by atoms with Crippen molar-refractivity contribution in [3.8, 4) is 0 Å². The molecule has 132 valence electrons. The highest BCUT2D eigenvalue weighted by Crippen LogP contribution is 2.20. The zero-order chi connectivity index (χ0) is 17.6. The Hall–Kier alpha value is -2.24. The van der Waals surface area contributed by atoms with Crippen molar-refractivity contribution in [1.29, 1.82) is 0 Å². The third-order valence-corrected chi connectivity index (χ3v) is 4.72. The van der Waals surface area contributed by atoms with Gasteiger partial charge in [0.2, 0.25) is 5.91 Å². The summed E-state index contributed by atoms with van der Waals surface area (Å²) >= 11 is 0. The van der Waals surface area contributed by atoms with E-state index < -0.39 is 11.9 Å². The Kier molecular flexibility index (Phi) is 5.79. The lowest BCUT2D eigenvalue weighted by Gasteiger charge is -2.20. The average Bonchev–Trinajstić information content (AvgIpc) is 3.04. The van der Waals surface area contributed by atoms with Gasteiger partial charge in [-0.25, -0.2) is 4.39 Å². The van der Waals surface area contributed by atoms with E-state index in [1.807, 2.05) is 6.07 Å². The second-order valence-electron chi connectivity index (χ2n) is 6.67. The van der Waals surface area contributed by atoms with Crippen LogP contribution < -0.4 is 11.1 Å². The van der Waals surface area contributed by atoms with E-state index in [0.717, 1.165) is 32.6 Å². The molecule has 1 saturated heterocycles. The highest BCUT2D eigenvalue weighted by molar-refractivity contribution is 5.81. The van der Waals surface area contributed by atoms with Crippen LogP contribution in [0.15, 0.2) is 54.6 Å². The lowest BCUT2D eigenvalue weighted by atomic mass is 10.0. The van der Waals surface area contributed by atoms with Crippen LogP contribution in [0.4, 0.5) is 4.39 Å². The van der Waals surface area contributed by atoms with Gasteiger partial charge in [0, 0.05) is 19.6 Å². The Bertz CT molecular complexity index is 690. The SMILES string of the molecule is NC(=O)C(NCC1CCN(Cc2ccccc2)C1)c1ccc(F)cc1. The van der Waals surface area contributed by atoms with E-state index in [-0.39, 0.29) is 5.82 Å². The first-order valence-corrected chi connectivity index (χ1v) is 8.66. The molecule has 2 unspecified atom stereocenters. The number of nitrogens with two attached hydrogens (primary N) is 1. The Balaban J connectivity index is 1.52. The van der Waals surface area contributed by atoms with E-state index >= 15 is 0 Å². The fourth-order valence-electron chi connectivity index (χ4n) is 3.39. The minimum Gasteiger partial charge on any atom is -0.368 e. The molecule has 1 heterocycles. The first-order valence-electron chi connectivity index (χ1n) is 8.66. The minimum absolute atomic E-state index is 0.320. The maximum absolute atomic E-state index is 13.1. The molecule has 5 heteroatoms. The van der Waals surface area contributed by atoms with E-state index in [1.165, 1.54) is 17.7 Å². The van der Waals surface area contributed by atoms with Gasteiger partial charge in [0.25, 0.3) is 0 Å². The molecule has 0 saturated carbocycles. The topological polar surface area (TPSA) is 58.4 Å². The number of primary amides is 1. The molecule has 2 aromatic rings. The second kappa shape index (κ2) is 8.23. The molecule has 1 fully saturated rings. The molecular weight excluding hydrogens is 317 g/mol. The summed E-state index contributed by atoms with van der Waals surface area (Å²) in [6.07, 6.45) is 1.09. The number of carbonyl (C=O) groups is 1. The van der Waals surface area contributed by atoms with Crippen molar-refractivity contribution in [1.82, 2.24) is 10.2 Å². The molecule has 4 nitrogen and oxygen atoms in total. The third-order valence-electron chi connectivity index (χ3n) is 4.72. The average molecular weight is 341 g/mol. The summed E-state index contributed by atoms with van der Waals surface area (Å²) < 4.78 is 13.1. The van der Waals surface area contributed by atoms with E-state index in [9.17, 15) is 9.18 Å². The van der Waals surface area contributed by atoms with Gasteiger partial charge in [-0.2, -0.15) is 0 Å². The van der Waals surface area contributed by atoms with Crippen molar-refractivity contribution in [2.45, 2.75) is 19.0 Å². The summed E-state index contributed by atoms with van der Waals surface area (Å²) in [6.45, 7) is 3.72. The van der Waals surface area contributed by atoms with E-state index in [2.05, 4.69) is 34.5 Å². The molecule has 2 aromatic carbocycles. The molecule has 2 atom stereocenters. The molecule has 0 bridgehead atoms. The van der Waals surface area contributed by atoms with Crippen LogP contribution in [0, 0.1) is 11.7 Å². The molecule has 1 amide bonds. The van der Waals surface area contributed by atoms with E-state index in [1.54, 1.807) is 12.1 Å². The Morgan fingerprint density at radius 3 is 2.60 bits per heavy atom. The van der Waals surface area contributed by atoms with Crippen molar-refractivity contribution in [3.05, 3.63) is 71.5 Å². The molecule has 3 N–H and O–H groups in total. The van der Waals surface area contributed by atoms with E-state index in [4.69, 9.17) is 5.73 Å². The number of hydrogen-bond acceptors (Lipinski definition) is 3. The monoisotopic (exact) mass is 341 g/mol. The van der Waals surface area contributed by atoms with Crippen molar-refractivity contribution < 1.29 is 9.18 Å². The highest BCUT2D eigenvalue weighted by Gasteiger charge is 2.25. The van der Waals surface area contributed by atoms with Gasteiger partial charge < -0.3 is 11.1 Å². The van der Waals surface area contributed by atoms with Crippen molar-refractivity contribution in [3.63, 3.8) is 0 Å². The predicted octanol–water partition coefficient (Wildman–Crippen LogP) is 2.46. The van der Waals surface area contributed by atoms with Crippen molar-refractivity contribution >= 4 is 5.91 Å². The lowest BCUT2D eigenvalue weighted by Crippen LogP contribution is -2.37. The van der Waals surface area contributed by atoms with Gasteiger partial charge in [-0.3, -0.25) is 9.69 Å². The van der Waals surface area contributed by atoms with Crippen molar-refractivity contribution in [2.75, 3.05) is 19.6 Å². The fourth-order valence-corrected chi connectivity index (χ4v) is 3.39. The van der Waals surface area contributed by atoms with Crippen LogP contribution in [0.5, 0.6) is 0 Å². The second-order valence-corrected chi connectivity index (χ2v) is 6.67. The largest absolute Gasteiger partial charge is 0.368 e. The van der Waals surface area contributed by atoms with Gasteiger partial charge in [-0.1, -0.05) is 42.5 Å². The summed E-state index contributed by atoms with van der Waals surface area (Å²) in [7, 11) is 0. The number of rotatable bonds is 7. The molecule has 1 aliphatic rings. The normalized spacial score (nSPS) is 19.0. The smallest absolute Gasteiger partial charge is 0.239 e. The summed E-state index contributed by atoms with van der Waals surface area (Å²) in [6, 6.07) is 15.8. The Morgan fingerprint density at radius 2 is 1.92 bits per heavy atom. The van der Waals surface area contributed by atoms with Crippen molar-refractivity contribution in [2.24, 2.45) is 11.7 Å². The van der Waals surface area contributed by atoms with Crippen LogP contribution in [0.3, 0.4) is 0 Å². The molecule has 0 spiro atoms. The number of nitrogens with one attached hydrogen (secondary N) is 1. The zero-order valence-electron chi connectivity index (χ0n) is 14.2. The van der Waals surface area contributed by atoms with E-state index in [0.29, 0.717) is 11.5 Å². The van der Waals surface area contributed by atoms with Crippen LogP contribution in [-0.2, 0) is 11.3 Å². The zero-order valence-corrected chi connectivity index (χ0v) is 14.2. The number of amides is 1. The molecular formula is C20H24FN3O. The van der Waals surface area contributed by atoms with Gasteiger partial charge in [-0.05, 0) is 42.1 Å². The number of hydrogen-bond donors (Lipinski definition) is 2. The number of likely N-dealkylation sites (tertiary alicyclic amines) is 1. The highest BCUT2D eigenvalue weighted by atomic mass is 19.1. The summed E-state index contributed by atoms with van der Waals surface area (Å²) in [5.74, 6) is -0.281. The standard InChI is InChI=1S/C20H24FN3O/c21-18-8-6-17(7-9-18)19(20(22)25)23-12-16-10-11-24(14-16)13-15-4-2-1-3-5-15/h1-9,16,19,23H,10-14H2,(H2,22,25). The summed E-state index contributed by atoms with van der Waals surface area (Å²) in [5, 5.41) is 3.26. The molecule has 0 aliphatic carbocycles. The van der Waals surface area contributed by atoms with Crippen LogP contribution in [-0.4, -0.2) is 30.4 Å². The predicted molar refractivity (Wildman–Crippen MR) is 96.2 cm³/mol. The number of benzene rings is 2. The van der Waals surface area contributed by atoms with Gasteiger partial charge in [0.15, 0.2) is 0 Å². The Morgan fingerprint density at radius 1 is 1.20 bits per heavy atom. The first-order chi connectivity index (χ1) is 12.1. The minimum atomic E-state index is -0.580. The van der Waals surface area contributed by atoms with Gasteiger partial charge in [0.1, 0.15) is 11.9 Å². The van der Waals surface area contributed by atoms with Crippen LogP contribution in [0.2, 0.25) is 0 Å². The Labute approximate surface area is 147 Å². The quantitative estimate of drug-likeness (QED) is 0.813. The summed E-state index contributed by atoms with van der Waals surface area (Å²) in [4.78, 5) is 14.2. The van der Waals surface area contributed by atoms with Gasteiger partial charge in [-0.15, -0.1) is 0 Å².